The predicted molar refractivity (Wildman–Crippen MR) is 194 cm³/mol. The second-order valence-electron chi connectivity index (χ2n) is 12.7. The lowest BCUT2D eigenvalue weighted by Gasteiger charge is -2.42. The van der Waals surface area contributed by atoms with Crippen LogP contribution in [-0.2, 0) is 10.0 Å². The number of nitrogens with one attached hydrogen (secondary N) is 2. The molecular weight excluding hydrogens is 706 g/mol. The van der Waals surface area contributed by atoms with Gasteiger partial charge in [-0.2, -0.15) is 4.98 Å². The summed E-state index contributed by atoms with van der Waals surface area (Å²) in [7, 11) is -0.171. The normalized spacial score (nSPS) is 16.9. The monoisotopic (exact) mass is 742 g/mol. The molecule has 0 amide bonds. The van der Waals surface area contributed by atoms with Gasteiger partial charge in [0, 0.05) is 76.5 Å². The molecule has 2 aromatic carbocycles. The molecule has 0 unspecified atom stereocenters. The van der Waals surface area contributed by atoms with Gasteiger partial charge in [0.05, 0.1) is 33.4 Å². The molecule has 5 heterocycles. The SMILES string of the molecule is CN1CCN(C2CCN(c3ccc(Nc4nc(Nc5ccc6nccnc6c5N(C)S(C)(=O)=O)c5sccc5n4)c(OC(F)(F)F)c3)CC2)CC1. The Balaban J connectivity index is 1.18. The van der Waals surface area contributed by atoms with Crippen molar-refractivity contribution in [1.82, 2.24) is 29.7 Å². The number of fused-ring (bicyclic) bond motifs is 2. The summed E-state index contributed by atoms with van der Waals surface area (Å²) in [4.78, 5) is 24.8. The van der Waals surface area contributed by atoms with Gasteiger partial charge in [-0.3, -0.25) is 19.2 Å². The zero-order chi connectivity index (χ0) is 35.9. The number of aromatic nitrogens is 4. The fourth-order valence-electron chi connectivity index (χ4n) is 6.56. The summed E-state index contributed by atoms with van der Waals surface area (Å²) in [5, 5.41) is 7.98. The standard InChI is InChI=1S/C33H37F3N10O3S2/c1-43-15-17-46(18-16-43)21-8-13-45(14-9-21)22-4-5-23(27(20-22)49-33(34,35)36)40-32-41-26-10-19-50-30(26)31(42-32)39-25-7-6-24-28(38-12-11-37-24)29(25)44(2)51(3,47)48/h4-7,10-12,19-21H,8-9,13-18H2,1-3H3,(H2,39,40,41,42). The number of anilines is 6. The maximum Gasteiger partial charge on any atom is 0.573 e. The van der Waals surface area contributed by atoms with Crippen LogP contribution in [0.2, 0.25) is 0 Å². The van der Waals surface area contributed by atoms with E-state index >= 15 is 0 Å². The molecule has 5 aromatic rings. The van der Waals surface area contributed by atoms with Crippen molar-refractivity contribution in [3.05, 3.63) is 54.2 Å². The van der Waals surface area contributed by atoms with Crippen LogP contribution in [-0.4, -0.2) is 110 Å². The molecule has 0 saturated carbocycles. The quantitative estimate of drug-likeness (QED) is 0.194. The van der Waals surface area contributed by atoms with Gasteiger partial charge in [-0.15, -0.1) is 24.5 Å². The Labute approximate surface area is 297 Å². The molecule has 2 aliphatic heterocycles. The van der Waals surface area contributed by atoms with Crippen molar-refractivity contribution in [2.45, 2.75) is 25.2 Å². The van der Waals surface area contributed by atoms with Crippen molar-refractivity contribution < 1.29 is 26.3 Å². The minimum Gasteiger partial charge on any atom is -0.403 e. The highest BCUT2D eigenvalue weighted by atomic mass is 32.2. The van der Waals surface area contributed by atoms with E-state index in [9.17, 15) is 21.6 Å². The van der Waals surface area contributed by atoms with E-state index in [1.165, 1.54) is 36.8 Å². The molecule has 13 nitrogen and oxygen atoms in total. The van der Waals surface area contributed by atoms with Gasteiger partial charge < -0.3 is 25.2 Å². The van der Waals surface area contributed by atoms with Gasteiger partial charge in [-0.1, -0.05) is 0 Å². The van der Waals surface area contributed by atoms with E-state index in [-0.39, 0.29) is 17.3 Å². The van der Waals surface area contributed by atoms with Crippen LogP contribution in [0.1, 0.15) is 12.8 Å². The van der Waals surface area contributed by atoms with E-state index < -0.39 is 22.1 Å². The highest BCUT2D eigenvalue weighted by Gasteiger charge is 2.33. The molecule has 2 aliphatic rings. The van der Waals surface area contributed by atoms with E-state index in [1.807, 2.05) is 5.38 Å². The van der Waals surface area contributed by atoms with Gasteiger partial charge >= 0.3 is 6.36 Å². The Kier molecular flexibility index (Phi) is 9.51. The molecule has 2 fully saturated rings. The molecule has 2 N–H and O–H groups in total. The Morgan fingerprint density at radius 1 is 0.922 bits per heavy atom. The molecule has 0 radical (unpaired) electrons. The van der Waals surface area contributed by atoms with Crippen molar-refractivity contribution >= 4 is 77.1 Å². The fourth-order valence-corrected chi connectivity index (χ4v) is 7.85. The van der Waals surface area contributed by atoms with Crippen LogP contribution in [0.25, 0.3) is 21.3 Å². The van der Waals surface area contributed by atoms with Gasteiger partial charge in [-0.05, 0) is 55.6 Å². The largest absolute Gasteiger partial charge is 0.573 e. The minimum absolute atomic E-state index is 0.00904. The first-order valence-corrected chi connectivity index (χ1v) is 19.1. The first-order valence-electron chi connectivity index (χ1n) is 16.4. The van der Waals surface area contributed by atoms with Crippen LogP contribution in [0.5, 0.6) is 5.75 Å². The van der Waals surface area contributed by atoms with Crippen molar-refractivity contribution in [3.63, 3.8) is 0 Å². The van der Waals surface area contributed by atoms with Crippen molar-refractivity contribution in [2.24, 2.45) is 0 Å². The number of benzene rings is 2. The van der Waals surface area contributed by atoms with Crippen LogP contribution in [0.4, 0.5) is 47.7 Å². The molecule has 7 rings (SSSR count). The average molecular weight is 743 g/mol. The second-order valence-corrected chi connectivity index (χ2v) is 15.6. The number of halogens is 3. The summed E-state index contributed by atoms with van der Waals surface area (Å²) in [6.07, 6.45) is 0.980. The highest BCUT2D eigenvalue weighted by Crippen LogP contribution is 2.40. The Hall–Kier alpha value is -4.52. The maximum atomic E-state index is 13.7. The lowest BCUT2D eigenvalue weighted by molar-refractivity contribution is -0.274. The maximum absolute atomic E-state index is 13.7. The van der Waals surface area contributed by atoms with Crippen LogP contribution in [0.15, 0.2) is 54.2 Å². The van der Waals surface area contributed by atoms with Crippen LogP contribution >= 0.6 is 11.3 Å². The Bertz CT molecular complexity index is 2150. The molecule has 18 heteroatoms. The third-order valence-corrected chi connectivity index (χ3v) is 11.4. The summed E-state index contributed by atoms with van der Waals surface area (Å²) in [5.41, 5.74) is 2.65. The number of nitrogens with zero attached hydrogens (tertiary/aromatic N) is 8. The number of thiophene rings is 1. The summed E-state index contributed by atoms with van der Waals surface area (Å²) in [5.74, 6) is -0.0910. The van der Waals surface area contributed by atoms with Gasteiger partial charge in [0.25, 0.3) is 0 Å². The minimum atomic E-state index is -4.94. The number of piperazine rings is 1. The van der Waals surface area contributed by atoms with Gasteiger partial charge in [0.1, 0.15) is 11.2 Å². The molecule has 51 heavy (non-hydrogen) atoms. The number of likely N-dealkylation sites (N-methyl/N-ethyl adjacent to an activating group) is 1. The zero-order valence-electron chi connectivity index (χ0n) is 28.2. The first-order chi connectivity index (χ1) is 24.3. The van der Waals surface area contributed by atoms with Crippen molar-refractivity contribution in [2.75, 3.05) is 79.5 Å². The topological polar surface area (TPSA) is 132 Å². The lowest BCUT2D eigenvalue weighted by atomic mass is 10.0. The van der Waals surface area contributed by atoms with Crippen LogP contribution < -0.4 is 24.6 Å². The van der Waals surface area contributed by atoms with Gasteiger partial charge in [0.15, 0.2) is 11.6 Å². The van der Waals surface area contributed by atoms with Crippen molar-refractivity contribution in [3.8, 4) is 5.75 Å². The Morgan fingerprint density at radius 2 is 1.65 bits per heavy atom. The molecule has 0 spiro atoms. The van der Waals surface area contributed by atoms with Gasteiger partial charge in [0.2, 0.25) is 16.0 Å². The third kappa shape index (κ3) is 7.73. The highest BCUT2D eigenvalue weighted by molar-refractivity contribution is 7.92. The predicted octanol–water partition coefficient (Wildman–Crippen LogP) is 5.63. The number of sulfonamides is 1. The first kappa shape index (κ1) is 34.9. The number of ether oxygens (including phenoxy) is 1. The van der Waals surface area contributed by atoms with E-state index in [4.69, 9.17) is 0 Å². The van der Waals surface area contributed by atoms with Gasteiger partial charge in [-0.25, -0.2) is 13.4 Å². The smallest absolute Gasteiger partial charge is 0.403 e. The number of hydrogen-bond donors (Lipinski definition) is 2. The molecule has 3 aromatic heterocycles. The van der Waals surface area contributed by atoms with E-state index in [0.717, 1.165) is 62.7 Å². The van der Waals surface area contributed by atoms with E-state index in [1.54, 1.807) is 30.3 Å². The third-order valence-electron chi connectivity index (χ3n) is 9.30. The van der Waals surface area contributed by atoms with Crippen LogP contribution in [0.3, 0.4) is 0 Å². The number of rotatable bonds is 9. The molecule has 0 bridgehead atoms. The summed E-state index contributed by atoms with van der Waals surface area (Å²) < 4.78 is 72.8. The summed E-state index contributed by atoms with van der Waals surface area (Å²) in [6.45, 7) is 5.56. The summed E-state index contributed by atoms with van der Waals surface area (Å²) >= 11 is 1.35. The zero-order valence-corrected chi connectivity index (χ0v) is 29.8. The fraction of sp³-hybridized carbons (Fsp3) is 0.394. The van der Waals surface area contributed by atoms with E-state index in [2.05, 4.69) is 57.1 Å². The molecule has 0 aliphatic carbocycles. The lowest BCUT2D eigenvalue weighted by Crippen LogP contribution is -2.52. The van der Waals surface area contributed by atoms with E-state index in [0.29, 0.717) is 44.5 Å². The summed E-state index contributed by atoms with van der Waals surface area (Å²) in [6, 6.07) is 10.3. The molecule has 0 atom stereocenters. The average Bonchev–Trinajstić information content (AvgIpc) is 3.57. The van der Waals surface area contributed by atoms with Crippen molar-refractivity contribution in [1.29, 1.82) is 0 Å². The second kappa shape index (κ2) is 13.9. The molecular formula is C33H37F3N10O3S2. The number of piperidine rings is 1. The molecule has 2 saturated heterocycles. The number of hydrogen-bond acceptors (Lipinski definition) is 13. The number of alkyl halides is 3. The Morgan fingerprint density at radius 3 is 2.37 bits per heavy atom. The van der Waals surface area contributed by atoms with Crippen LogP contribution in [0, 0.1) is 0 Å². The molecule has 270 valence electrons.